The lowest BCUT2D eigenvalue weighted by molar-refractivity contribution is -0.117. The van der Waals surface area contributed by atoms with Crippen LogP contribution >= 0.6 is 27.5 Å². The highest BCUT2D eigenvalue weighted by atomic mass is 79.9. The van der Waals surface area contributed by atoms with Crippen LogP contribution in [0.3, 0.4) is 0 Å². The van der Waals surface area contributed by atoms with Gasteiger partial charge in [-0.1, -0.05) is 23.7 Å². The number of phenols is 1. The first kappa shape index (κ1) is 20.6. The number of aryl methyl sites for hydroxylation is 1. The summed E-state index contributed by atoms with van der Waals surface area (Å²) in [7, 11) is 0. The maximum absolute atomic E-state index is 12.8. The van der Waals surface area contributed by atoms with Gasteiger partial charge in [0, 0.05) is 26.2 Å². The Labute approximate surface area is 177 Å². The van der Waals surface area contributed by atoms with Gasteiger partial charge < -0.3 is 15.3 Å². The molecule has 2 aromatic rings. The molecule has 0 saturated carbocycles. The van der Waals surface area contributed by atoms with E-state index in [1.807, 2.05) is 17.9 Å². The molecule has 1 aliphatic rings. The summed E-state index contributed by atoms with van der Waals surface area (Å²) in [4.78, 5) is 28.7. The lowest BCUT2D eigenvalue weighted by Gasteiger charge is -2.34. The quantitative estimate of drug-likeness (QED) is 0.723. The molecule has 1 saturated heterocycles. The molecule has 148 valence electrons. The SMILES string of the molecule is Cc1cc(Br)c(O)c(C(=O)N2CCN(CC(=O)Nc3ccccc3Cl)CC2)c1. The molecule has 1 heterocycles. The number of carbonyl (C=O) groups excluding carboxylic acids is 2. The molecule has 0 unspecified atom stereocenters. The Hall–Kier alpha value is -2.09. The topological polar surface area (TPSA) is 72.9 Å². The number of amides is 2. The van der Waals surface area contributed by atoms with Crippen LogP contribution in [0.2, 0.25) is 5.02 Å². The van der Waals surface area contributed by atoms with Crippen LogP contribution in [0.4, 0.5) is 5.69 Å². The fraction of sp³-hybridized carbons (Fsp3) is 0.300. The van der Waals surface area contributed by atoms with E-state index < -0.39 is 0 Å². The molecule has 1 fully saturated rings. The second-order valence-corrected chi connectivity index (χ2v) is 8.00. The van der Waals surface area contributed by atoms with Crippen molar-refractivity contribution in [3.8, 4) is 5.75 Å². The summed E-state index contributed by atoms with van der Waals surface area (Å²) in [6.45, 7) is 4.24. The summed E-state index contributed by atoms with van der Waals surface area (Å²) in [6.07, 6.45) is 0. The second kappa shape index (κ2) is 8.94. The van der Waals surface area contributed by atoms with E-state index in [4.69, 9.17) is 11.6 Å². The Morgan fingerprint density at radius 2 is 1.86 bits per heavy atom. The minimum Gasteiger partial charge on any atom is -0.506 e. The molecule has 2 amide bonds. The number of hydrogen-bond donors (Lipinski definition) is 2. The summed E-state index contributed by atoms with van der Waals surface area (Å²) < 4.78 is 0.505. The number of aromatic hydroxyl groups is 1. The largest absolute Gasteiger partial charge is 0.506 e. The molecule has 6 nitrogen and oxygen atoms in total. The van der Waals surface area contributed by atoms with Crippen molar-refractivity contribution in [2.75, 3.05) is 38.0 Å². The van der Waals surface area contributed by atoms with Gasteiger partial charge >= 0.3 is 0 Å². The van der Waals surface area contributed by atoms with Crippen LogP contribution in [0.25, 0.3) is 0 Å². The third kappa shape index (κ3) is 4.84. The number of hydrogen-bond acceptors (Lipinski definition) is 4. The zero-order valence-electron chi connectivity index (χ0n) is 15.4. The molecule has 2 aromatic carbocycles. The minimum absolute atomic E-state index is 0.0443. The number of piperazine rings is 1. The molecule has 0 bridgehead atoms. The van der Waals surface area contributed by atoms with Crippen molar-refractivity contribution in [1.29, 1.82) is 0 Å². The van der Waals surface area contributed by atoms with Gasteiger partial charge in [0.25, 0.3) is 5.91 Å². The highest BCUT2D eigenvalue weighted by Gasteiger charge is 2.25. The first-order valence-electron chi connectivity index (χ1n) is 8.90. The molecular formula is C20H21BrClN3O3. The number of benzene rings is 2. The summed E-state index contributed by atoms with van der Waals surface area (Å²) in [6, 6.07) is 10.5. The van der Waals surface area contributed by atoms with Crippen LogP contribution in [0.1, 0.15) is 15.9 Å². The molecule has 28 heavy (non-hydrogen) atoms. The van der Waals surface area contributed by atoms with E-state index >= 15 is 0 Å². The van der Waals surface area contributed by atoms with Gasteiger partial charge in [-0.25, -0.2) is 0 Å². The number of nitrogens with zero attached hydrogens (tertiary/aromatic N) is 2. The van der Waals surface area contributed by atoms with Crippen molar-refractivity contribution >= 4 is 45.0 Å². The minimum atomic E-state index is -0.206. The second-order valence-electron chi connectivity index (χ2n) is 6.74. The Morgan fingerprint density at radius 3 is 2.54 bits per heavy atom. The molecule has 3 rings (SSSR count). The van der Waals surface area contributed by atoms with Crippen molar-refractivity contribution in [2.45, 2.75) is 6.92 Å². The number of phenolic OH excluding ortho intramolecular Hbond substituents is 1. The van der Waals surface area contributed by atoms with Gasteiger partial charge in [-0.2, -0.15) is 0 Å². The van der Waals surface area contributed by atoms with Crippen LogP contribution in [-0.2, 0) is 4.79 Å². The zero-order valence-corrected chi connectivity index (χ0v) is 17.8. The molecule has 0 radical (unpaired) electrons. The summed E-state index contributed by atoms with van der Waals surface area (Å²) in [5.41, 5.74) is 1.77. The maximum atomic E-state index is 12.8. The zero-order chi connectivity index (χ0) is 20.3. The van der Waals surface area contributed by atoms with Gasteiger partial charge in [-0.05, 0) is 52.7 Å². The smallest absolute Gasteiger partial charge is 0.257 e. The molecular weight excluding hydrogens is 446 g/mol. The number of para-hydroxylation sites is 1. The van der Waals surface area contributed by atoms with Crippen molar-refractivity contribution in [2.24, 2.45) is 0 Å². The van der Waals surface area contributed by atoms with Gasteiger partial charge in [-0.3, -0.25) is 14.5 Å². The van der Waals surface area contributed by atoms with E-state index in [0.29, 0.717) is 41.4 Å². The van der Waals surface area contributed by atoms with Crippen molar-refractivity contribution in [1.82, 2.24) is 9.80 Å². The van der Waals surface area contributed by atoms with E-state index in [-0.39, 0.29) is 29.7 Å². The molecule has 8 heteroatoms. The van der Waals surface area contributed by atoms with Gasteiger partial charge in [0.1, 0.15) is 5.75 Å². The maximum Gasteiger partial charge on any atom is 0.257 e. The van der Waals surface area contributed by atoms with Crippen LogP contribution in [-0.4, -0.2) is 59.4 Å². The van der Waals surface area contributed by atoms with Crippen LogP contribution in [0.5, 0.6) is 5.75 Å². The van der Waals surface area contributed by atoms with Crippen molar-refractivity contribution in [3.05, 3.63) is 57.0 Å². The fourth-order valence-electron chi connectivity index (χ4n) is 3.13. The van der Waals surface area contributed by atoms with Crippen LogP contribution in [0, 0.1) is 6.92 Å². The predicted octanol–water partition coefficient (Wildman–Crippen LogP) is 3.51. The predicted molar refractivity (Wildman–Crippen MR) is 113 cm³/mol. The summed E-state index contributed by atoms with van der Waals surface area (Å²) in [5, 5.41) is 13.5. The van der Waals surface area contributed by atoms with E-state index in [1.54, 1.807) is 35.2 Å². The Morgan fingerprint density at radius 1 is 1.18 bits per heavy atom. The average molecular weight is 467 g/mol. The number of rotatable bonds is 4. The van der Waals surface area contributed by atoms with Crippen LogP contribution < -0.4 is 5.32 Å². The first-order chi connectivity index (χ1) is 13.3. The third-order valence-electron chi connectivity index (χ3n) is 4.61. The Balaban J connectivity index is 1.55. The normalized spacial score (nSPS) is 14.8. The Kier molecular flexibility index (Phi) is 6.59. The standard InChI is InChI=1S/C20H21BrClN3O3/c1-13-10-14(19(27)15(21)11-13)20(28)25-8-6-24(7-9-25)12-18(26)23-17-5-3-2-4-16(17)22/h2-5,10-11,27H,6-9,12H2,1H3,(H,23,26). The van der Waals surface area contributed by atoms with E-state index in [2.05, 4.69) is 21.2 Å². The van der Waals surface area contributed by atoms with E-state index in [0.717, 1.165) is 5.56 Å². The number of halogens is 2. The van der Waals surface area contributed by atoms with E-state index in [9.17, 15) is 14.7 Å². The summed E-state index contributed by atoms with van der Waals surface area (Å²) >= 11 is 9.34. The lowest BCUT2D eigenvalue weighted by atomic mass is 10.1. The van der Waals surface area contributed by atoms with E-state index in [1.165, 1.54) is 0 Å². The van der Waals surface area contributed by atoms with Crippen molar-refractivity contribution in [3.63, 3.8) is 0 Å². The molecule has 2 N–H and O–H groups in total. The lowest BCUT2D eigenvalue weighted by Crippen LogP contribution is -2.50. The first-order valence-corrected chi connectivity index (χ1v) is 10.1. The highest BCUT2D eigenvalue weighted by molar-refractivity contribution is 9.10. The van der Waals surface area contributed by atoms with Crippen molar-refractivity contribution < 1.29 is 14.7 Å². The fourth-order valence-corrected chi connectivity index (χ4v) is 3.89. The van der Waals surface area contributed by atoms with Gasteiger partial charge in [0.05, 0.1) is 27.3 Å². The third-order valence-corrected chi connectivity index (χ3v) is 5.55. The van der Waals surface area contributed by atoms with Gasteiger partial charge in [0.15, 0.2) is 0 Å². The monoisotopic (exact) mass is 465 g/mol. The average Bonchev–Trinajstić information content (AvgIpc) is 2.66. The molecule has 0 aromatic heterocycles. The molecule has 0 spiro atoms. The molecule has 0 aliphatic carbocycles. The number of carbonyl (C=O) groups is 2. The van der Waals surface area contributed by atoms with Gasteiger partial charge in [0.2, 0.25) is 5.91 Å². The Bertz CT molecular complexity index is 898. The van der Waals surface area contributed by atoms with Gasteiger partial charge in [-0.15, -0.1) is 0 Å². The molecule has 1 aliphatic heterocycles. The molecule has 0 atom stereocenters. The summed E-state index contributed by atoms with van der Waals surface area (Å²) in [5.74, 6) is -0.396. The van der Waals surface area contributed by atoms with Crippen LogP contribution in [0.15, 0.2) is 40.9 Å². The number of nitrogens with one attached hydrogen (secondary N) is 1. The number of anilines is 1. The highest BCUT2D eigenvalue weighted by Crippen LogP contribution is 2.30.